The number of nitrogens with one attached hydrogen (secondary N) is 1. The van der Waals surface area contributed by atoms with E-state index in [9.17, 15) is 4.79 Å². The van der Waals surface area contributed by atoms with Crippen molar-refractivity contribution in [1.82, 2.24) is 19.7 Å². The number of H-pyrrole nitrogens is 1. The second kappa shape index (κ2) is 3.30. The van der Waals surface area contributed by atoms with Gasteiger partial charge in [-0.15, -0.1) is 0 Å². The van der Waals surface area contributed by atoms with Crippen molar-refractivity contribution < 1.29 is 4.79 Å². The minimum Gasteiger partial charge on any atom is -0.277 e. The molecule has 0 radical (unpaired) electrons. The summed E-state index contributed by atoms with van der Waals surface area (Å²) in [5.41, 5.74) is 1.26. The summed E-state index contributed by atoms with van der Waals surface area (Å²) in [5, 5.41) is 7.68. The molecule has 0 saturated heterocycles. The minimum absolute atomic E-state index is 0.185. The molecule has 3 rings (SSSR count). The molecule has 0 bridgehead atoms. The average Bonchev–Trinajstić information content (AvgIpc) is 2.98. The van der Waals surface area contributed by atoms with Crippen LogP contribution in [0.1, 0.15) is 10.5 Å². The van der Waals surface area contributed by atoms with Gasteiger partial charge in [-0.2, -0.15) is 5.10 Å². The van der Waals surface area contributed by atoms with Crippen LogP contribution in [0.2, 0.25) is 0 Å². The standard InChI is InChI=1S/C11H8N4O/c16-11(15-6-5-12-7-15)10-8-3-1-2-4-9(8)13-14-10/h1-7H,(H,13,14). The van der Waals surface area contributed by atoms with Gasteiger partial charge in [-0.1, -0.05) is 18.2 Å². The monoisotopic (exact) mass is 212 g/mol. The van der Waals surface area contributed by atoms with Crippen LogP contribution in [0.5, 0.6) is 0 Å². The van der Waals surface area contributed by atoms with E-state index in [0.717, 1.165) is 10.9 Å². The van der Waals surface area contributed by atoms with Crippen LogP contribution in [0.3, 0.4) is 0 Å². The molecule has 2 aromatic heterocycles. The van der Waals surface area contributed by atoms with Crippen LogP contribution in [-0.4, -0.2) is 25.7 Å². The zero-order valence-electron chi connectivity index (χ0n) is 8.29. The van der Waals surface area contributed by atoms with Gasteiger partial charge in [0.15, 0.2) is 5.69 Å². The number of imidazole rings is 1. The van der Waals surface area contributed by atoms with Gasteiger partial charge >= 0.3 is 0 Å². The summed E-state index contributed by atoms with van der Waals surface area (Å²) < 4.78 is 1.41. The lowest BCUT2D eigenvalue weighted by atomic mass is 10.2. The number of benzene rings is 1. The number of nitrogens with zero attached hydrogens (tertiary/aromatic N) is 3. The van der Waals surface area contributed by atoms with E-state index in [1.807, 2.05) is 24.3 Å². The fourth-order valence-electron chi connectivity index (χ4n) is 1.63. The Morgan fingerprint density at radius 3 is 3.00 bits per heavy atom. The van der Waals surface area contributed by atoms with E-state index in [0.29, 0.717) is 5.69 Å². The molecule has 0 atom stereocenters. The summed E-state index contributed by atoms with van der Waals surface area (Å²) in [6.07, 6.45) is 4.63. The third kappa shape index (κ3) is 1.22. The molecule has 0 saturated carbocycles. The molecule has 0 amide bonds. The number of hydrogen-bond acceptors (Lipinski definition) is 3. The van der Waals surface area contributed by atoms with Crippen molar-refractivity contribution in [1.29, 1.82) is 0 Å². The molecule has 2 heterocycles. The van der Waals surface area contributed by atoms with Crippen molar-refractivity contribution in [2.45, 2.75) is 0 Å². The van der Waals surface area contributed by atoms with Gasteiger partial charge in [0.05, 0.1) is 5.52 Å². The highest BCUT2D eigenvalue weighted by Gasteiger charge is 2.14. The Kier molecular flexibility index (Phi) is 1.83. The summed E-state index contributed by atoms with van der Waals surface area (Å²) in [7, 11) is 0. The second-order valence-corrected chi connectivity index (χ2v) is 3.39. The first-order chi connectivity index (χ1) is 7.86. The van der Waals surface area contributed by atoms with Crippen molar-refractivity contribution in [3.63, 3.8) is 0 Å². The summed E-state index contributed by atoms with van der Waals surface area (Å²) in [5.74, 6) is -0.185. The summed E-state index contributed by atoms with van der Waals surface area (Å²) in [6, 6.07) is 7.52. The molecule has 0 aliphatic heterocycles. The van der Waals surface area contributed by atoms with E-state index >= 15 is 0 Å². The van der Waals surface area contributed by atoms with Crippen molar-refractivity contribution in [3.8, 4) is 0 Å². The Labute approximate surface area is 90.7 Å². The SMILES string of the molecule is O=C(c1n[nH]c2ccccc12)n1ccnc1. The van der Waals surface area contributed by atoms with Crippen LogP contribution in [0, 0.1) is 0 Å². The van der Waals surface area contributed by atoms with E-state index in [1.54, 1.807) is 12.4 Å². The molecule has 3 aromatic rings. The normalized spacial score (nSPS) is 10.8. The van der Waals surface area contributed by atoms with Gasteiger partial charge < -0.3 is 0 Å². The Morgan fingerprint density at radius 1 is 1.31 bits per heavy atom. The Bertz CT molecular complexity index is 639. The van der Waals surface area contributed by atoms with E-state index in [1.165, 1.54) is 10.9 Å². The van der Waals surface area contributed by atoms with Crippen molar-refractivity contribution >= 4 is 16.8 Å². The number of hydrogen-bond donors (Lipinski definition) is 1. The molecule has 5 heteroatoms. The molecule has 0 aliphatic rings. The van der Waals surface area contributed by atoms with Crippen LogP contribution < -0.4 is 0 Å². The topological polar surface area (TPSA) is 63.6 Å². The van der Waals surface area contributed by atoms with Gasteiger partial charge in [0, 0.05) is 17.8 Å². The largest absolute Gasteiger partial charge is 0.284 e. The van der Waals surface area contributed by atoms with Gasteiger partial charge in [0.2, 0.25) is 0 Å². The summed E-state index contributed by atoms with van der Waals surface area (Å²) in [6.45, 7) is 0. The van der Waals surface area contributed by atoms with Crippen molar-refractivity contribution in [3.05, 3.63) is 48.7 Å². The van der Waals surface area contributed by atoms with Gasteiger partial charge in [0.1, 0.15) is 6.33 Å². The highest BCUT2D eigenvalue weighted by molar-refractivity contribution is 6.05. The molecular formula is C11H8N4O. The third-order valence-electron chi connectivity index (χ3n) is 2.41. The predicted octanol–water partition coefficient (Wildman–Crippen LogP) is 1.45. The number of carbonyl (C=O) groups excluding carboxylic acids is 1. The molecule has 5 nitrogen and oxygen atoms in total. The molecule has 0 spiro atoms. The molecule has 1 aromatic carbocycles. The van der Waals surface area contributed by atoms with Gasteiger partial charge in [-0.05, 0) is 6.07 Å². The van der Waals surface area contributed by atoms with Crippen LogP contribution in [0.15, 0.2) is 43.0 Å². The summed E-state index contributed by atoms with van der Waals surface area (Å²) in [4.78, 5) is 15.9. The zero-order valence-corrected chi connectivity index (χ0v) is 8.29. The maximum Gasteiger partial charge on any atom is 0.284 e. The lowest BCUT2D eigenvalue weighted by molar-refractivity contribution is 0.0956. The lowest BCUT2D eigenvalue weighted by Gasteiger charge is -1.96. The molecule has 16 heavy (non-hydrogen) atoms. The Morgan fingerprint density at radius 2 is 2.19 bits per heavy atom. The third-order valence-corrected chi connectivity index (χ3v) is 2.41. The van der Waals surface area contributed by atoms with Gasteiger partial charge in [0.25, 0.3) is 5.91 Å². The van der Waals surface area contributed by atoms with Crippen molar-refractivity contribution in [2.24, 2.45) is 0 Å². The van der Waals surface area contributed by atoms with Crippen LogP contribution in [-0.2, 0) is 0 Å². The van der Waals surface area contributed by atoms with Crippen molar-refractivity contribution in [2.75, 3.05) is 0 Å². The second-order valence-electron chi connectivity index (χ2n) is 3.39. The molecule has 0 fully saturated rings. The van der Waals surface area contributed by atoms with Crippen LogP contribution in [0.4, 0.5) is 0 Å². The molecule has 0 unspecified atom stereocenters. The quantitative estimate of drug-likeness (QED) is 0.664. The average molecular weight is 212 g/mol. The fourth-order valence-corrected chi connectivity index (χ4v) is 1.63. The van der Waals surface area contributed by atoms with E-state index < -0.39 is 0 Å². The Hall–Kier alpha value is -2.43. The Balaban J connectivity index is 2.16. The molecular weight excluding hydrogens is 204 g/mol. The molecule has 1 N–H and O–H groups in total. The number of aromatic amines is 1. The molecule has 78 valence electrons. The number of para-hydroxylation sites is 1. The van der Waals surface area contributed by atoms with Gasteiger partial charge in [-0.3, -0.25) is 14.5 Å². The summed E-state index contributed by atoms with van der Waals surface area (Å²) >= 11 is 0. The predicted molar refractivity (Wildman–Crippen MR) is 58.0 cm³/mol. The number of rotatable bonds is 1. The first-order valence-corrected chi connectivity index (χ1v) is 4.82. The van der Waals surface area contributed by atoms with Crippen LogP contribution in [0.25, 0.3) is 10.9 Å². The number of fused-ring (bicyclic) bond motifs is 1. The zero-order chi connectivity index (χ0) is 11.0. The first kappa shape index (κ1) is 8.84. The lowest BCUT2D eigenvalue weighted by Crippen LogP contribution is -2.10. The highest BCUT2D eigenvalue weighted by Crippen LogP contribution is 2.15. The number of carbonyl (C=O) groups is 1. The smallest absolute Gasteiger partial charge is 0.277 e. The minimum atomic E-state index is -0.185. The fraction of sp³-hybridized carbons (Fsp3) is 0. The van der Waals surface area contributed by atoms with E-state index in [4.69, 9.17) is 0 Å². The maximum atomic E-state index is 12.0. The first-order valence-electron chi connectivity index (χ1n) is 4.82. The van der Waals surface area contributed by atoms with E-state index in [-0.39, 0.29) is 5.91 Å². The number of aromatic nitrogens is 4. The highest BCUT2D eigenvalue weighted by atomic mass is 16.2. The van der Waals surface area contributed by atoms with Gasteiger partial charge in [-0.25, -0.2) is 4.98 Å². The van der Waals surface area contributed by atoms with Crippen LogP contribution >= 0.6 is 0 Å². The molecule has 0 aliphatic carbocycles. The van der Waals surface area contributed by atoms with E-state index in [2.05, 4.69) is 15.2 Å². The maximum absolute atomic E-state index is 12.0.